The molecule has 0 spiro atoms. The highest BCUT2D eigenvalue weighted by Gasteiger charge is 2.25. The summed E-state index contributed by atoms with van der Waals surface area (Å²) < 4.78 is 30.4. The van der Waals surface area contributed by atoms with Gasteiger partial charge in [-0.05, 0) is 63.9 Å². The molecule has 0 aliphatic rings. The average molecular weight is 518 g/mol. The number of benzene rings is 2. The van der Waals surface area contributed by atoms with Crippen LogP contribution in [-0.4, -0.2) is 55.7 Å². The van der Waals surface area contributed by atoms with E-state index in [9.17, 15) is 19.2 Å². The standard InChI is InChI=1S/C26H31NO10/c1-5-32-25(30)36-21-13-12-18(15-22(21)37-26(31)33-6-2)14-20(27)24(29)35-17(4)16(3)34-23(28)19-10-8-7-9-11-19/h7-13,15-17,20H,5-6,14,27H2,1-4H3/t16-,17+,20+/m1/s1. The number of ether oxygens (including phenoxy) is 6. The van der Waals surface area contributed by atoms with E-state index < -0.39 is 42.5 Å². The maximum Gasteiger partial charge on any atom is 0.513 e. The molecule has 0 aromatic heterocycles. The van der Waals surface area contributed by atoms with Gasteiger partial charge in [0.2, 0.25) is 0 Å². The van der Waals surface area contributed by atoms with E-state index in [1.165, 1.54) is 18.2 Å². The Balaban J connectivity index is 2.02. The number of hydrogen-bond donors (Lipinski definition) is 1. The van der Waals surface area contributed by atoms with Gasteiger partial charge in [0.15, 0.2) is 11.5 Å². The van der Waals surface area contributed by atoms with Crippen molar-refractivity contribution in [3.8, 4) is 11.5 Å². The Morgan fingerprint density at radius 1 is 0.784 bits per heavy atom. The molecule has 200 valence electrons. The smallest absolute Gasteiger partial charge is 0.458 e. The number of rotatable bonds is 11. The van der Waals surface area contributed by atoms with Crippen LogP contribution in [0.25, 0.3) is 0 Å². The first-order chi connectivity index (χ1) is 17.6. The molecule has 37 heavy (non-hydrogen) atoms. The Morgan fingerprint density at radius 3 is 1.95 bits per heavy atom. The second-order valence-electron chi connectivity index (χ2n) is 7.78. The lowest BCUT2D eigenvalue weighted by Gasteiger charge is -2.22. The predicted octanol–water partition coefficient (Wildman–Crippen LogP) is 3.80. The molecule has 2 rings (SSSR count). The van der Waals surface area contributed by atoms with Crippen LogP contribution in [-0.2, 0) is 30.2 Å². The van der Waals surface area contributed by atoms with Crippen LogP contribution in [0.4, 0.5) is 9.59 Å². The minimum absolute atomic E-state index is 0.00259. The molecule has 0 aliphatic carbocycles. The zero-order chi connectivity index (χ0) is 27.4. The van der Waals surface area contributed by atoms with Gasteiger partial charge in [-0.2, -0.15) is 0 Å². The van der Waals surface area contributed by atoms with Crippen LogP contribution >= 0.6 is 0 Å². The van der Waals surface area contributed by atoms with Crippen molar-refractivity contribution in [1.82, 2.24) is 0 Å². The lowest BCUT2D eigenvalue weighted by atomic mass is 10.1. The summed E-state index contributed by atoms with van der Waals surface area (Å²) in [6.45, 7) is 6.55. The highest BCUT2D eigenvalue weighted by molar-refractivity contribution is 5.89. The SMILES string of the molecule is CCOC(=O)Oc1ccc(C[C@H](N)C(=O)O[C@@H](C)[C@@H](C)OC(=O)c2ccccc2)cc1OC(=O)OCC. The molecule has 2 N–H and O–H groups in total. The van der Waals surface area contributed by atoms with Crippen molar-refractivity contribution in [1.29, 1.82) is 0 Å². The van der Waals surface area contributed by atoms with E-state index >= 15 is 0 Å². The minimum Gasteiger partial charge on any atom is -0.458 e. The van der Waals surface area contributed by atoms with Crippen molar-refractivity contribution in [2.75, 3.05) is 13.2 Å². The van der Waals surface area contributed by atoms with Crippen LogP contribution < -0.4 is 15.2 Å². The molecule has 0 saturated carbocycles. The van der Waals surface area contributed by atoms with Crippen LogP contribution in [0, 0.1) is 0 Å². The Labute approximate surface area is 214 Å². The van der Waals surface area contributed by atoms with Gasteiger partial charge < -0.3 is 34.2 Å². The zero-order valence-corrected chi connectivity index (χ0v) is 21.1. The molecule has 0 radical (unpaired) electrons. The van der Waals surface area contributed by atoms with Gasteiger partial charge in [-0.25, -0.2) is 14.4 Å². The number of hydrogen-bond acceptors (Lipinski definition) is 11. The summed E-state index contributed by atoms with van der Waals surface area (Å²) in [5, 5.41) is 0. The van der Waals surface area contributed by atoms with Crippen LogP contribution in [0.1, 0.15) is 43.6 Å². The van der Waals surface area contributed by atoms with E-state index in [1.54, 1.807) is 58.0 Å². The van der Waals surface area contributed by atoms with Crippen molar-refractivity contribution in [3.63, 3.8) is 0 Å². The van der Waals surface area contributed by atoms with Crippen molar-refractivity contribution < 1.29 is 47.6 Å². The number of carbonyl (C=O) groups is 4. The molecule has 0 saturated heterocycles. The second-order valence-corrected chi connectivity index (χ2v) is 7.78. The molecule has 0 bridgehead atoms. The highest BCUT2D eigenvalue weighted by Crippen LogP contribution is 2.30. The first-order valence-electron chi connectivity index (χ1n) is 11.7. The fraction of sp³-hybridized carbons (Fsp3) is 0.385. The van der Waals surface area contributed by atoms with Crippen LogP contribution in [0.2, 0.25) is 0 Å². The summed E-state index contributed by atoms with van der Waals surface area (Å²) >= 11 is 0. The topological polar surface area (TPSA) is 150 Å². The van der Waals surface area contributed by atoms with E-state index in [0.717, 1.165) is 0 Å². The normalized spacial score (nSPS) is 12.9. The predicted molar refractivity (Wildman–Crippen MR) is 130 cm³/mol. The number of carbonyl (C=O) groups excluding carboxylic acids is 4. The van der Waals surface area contributed by atoms with Crippen LogP contribution in [0.5, 0.6) is 11.5 Å². The molecule has 0 unspecified atom stereocenters. The van der Waals surface area contributed by atoms with Gasteiger partial charge in [0, 0.05) is 0 Å². The Hall–Kier alpha value is -4.12. The largest absolute Gasteiger partial charge is 0.513 e. The van der Waals surface area contributed by atoms with E-state index in [1.807, 2.05) is 0 Å². The third kappa shape index (κ3) is 9.45. The van der Waals surface area contributed by atoms with Gasteiger partial charge in [-0.15, -0.1) is 0 Å². The van der Waals surface area contributed by atoms with Gasteiger partial charge in [0.25, 0.3) is 0 Å². The van der Waals surface area contributed by atoms with Crippen molar-refractivity contribution >= 4 is 24.2 Å². The molecule has 3 atom stereocenters. The third-order valence-electron chi connectivity index (χ3n) is 4.94. The lowest BCUT2D eigenvalue weighted by molar-refractivity contribution is -0.154. The van der Waals surface area contributed by atoms with Gasteiger partial charge in [0.1, 0.15) is 18.2 Å². The van der Waals surface area contributed by atoms with Crippen molar-refractivity contribution in [2.45, 2.75) is 52.4 Å². The second kappa shape index (κ2) is 14.4. The number of nitrogens with two attached hydrogens (primary N) is 1. The van der Waals surface area contributed by atoms with Gasteiger partial charge >= 0.3 is 24.2 Å². The molecular weight excluding hydrogens is 486 g/mol. The Bertz CT molecular complexity index is 1070. The van der Waals surface area contributed by atoms with Gasteiger partial charge in [-0.1, -0.05) is 24.3 Å². The van der Waals surface area contributed by atoms with Gasteiger partial charge in [0.05, 0.1) is 18.8 Å². The summed E-state index contributed by atoms with van der Waals surface area (Å²) in [6, 6.07) is 11.6. The minimum atomic E-state index is -1.09. The molecule has 11 heteroatoms. The molecule has 0 aliphatic heterocycles. The van der Waals surface area contributed by atoms with Crippen LogP contribution in [0.3, 0.4) is 0 Å². The molecule has 0 amide bonds. The molecule has 0 fully saturated rings. The summed E-state index contributed by atoms with van der Waals surface area (Å²) in [7, 11) is 0. The molecular formula is C26H31NO10. The van der Waals surface area contributed by atoms with Crippen LogP contribution in [0.15, 0.2) is 48.5 Å². The summed E-state index contributed by atoms with van der Waals surface area (Å²) in [4.78, 5) is 48.3. The van der Waals surface area contributed by atoms with E-state index in [-0.39, 0.29) is 31.1 Å². The monoisotopic (exact) mass is 517 g/mol. The van der Waals surface area contributed by atoms with Crippen molar-refractivity contribution in [2.24, 2.45) is 5.73 Å². The van der Waals surface area contributed by atoms with E-state index in [2.05, 4.69) is 0 Å². The molecule has 0 heterocycles. The zero-order valence-electron chi connectivity index (χ0n) is 21.1. The average Bonchev–Trinajstić information content (AvgIpc) is 2.86. The van der Waals surface area contributed by atoms with E-state index in [4.69, 9.17) is 34.2 Å². The lowest BCUT2D eigenvalue weighted by Crippen LogP contribution is -2.39. The summed E-state index contributed by atoms with van der Waals surface area (Å²) in [5.41, 5.74) is 6.89. The Kier molecular flexibility index (Phi) is 11.4. The summed E-state index contributed by atoms with van der Waals surface area (Å²) in [6.07, 6.45) is -3.49. The molecule has 11 nitrogen and oxygen atoms in total. The number of esters is 2. The highest BCUT2D eigenvalue weighted by atomic mass is 16.7. The maximum absolute atomic E-state index is 12.6. The maximum atomic E-state index is 12.6. The van der Waals surface area contributed by atoms with Crippen molar-refractivity contribution in [3.05, 3.63) is 59.7 Å². The quantitative estimate of drug-likeness (QED) is 0.263. The first kappa shape index (κ1) is 29.1. The molecule has 2 aromatic rings. The third-order valence-corrected chi connectivity index (χ3v) is 4.94. The molecule has 2 aromatic carbocycles. The summed E-state index contributed by atoms with van der Waals surface area (Å²) in [5.74, 6) is -1.48. The first-order valence-corrected chi connectivity index (χ1v) is 11.7. The van der Waals surface area contributed by atoms with Gasteiger partial charge in [-0.3, -0.25) is 4.79 Å². The fourth-order valence-corrected chi connectivity index (χ4v) is 2.93. The fourth-order valence-electron chi connectivity index (χ4n) is 2.93. The van der Waals surface area contributed by atoms with E-state index in [0.29, 0.717) is 11.1 Å². The Morgan fingerprint density at radius 2 is 1.35 bits per heavy atom.